The largest absolute Gasteiger partial charge is 0.481 e. The molecule has 1 aliphatic rings. The third-order valence-electron chi connectivity index (χ3n) is 4.38. The van der Waals surface area contributed by atoms with Crippen LogP contribution >= 0.6 is 0 Å². The minimum absolute atomic E-state index is 0.238. The Labute approximate surface area is 140 Å². The molecule has 0 spiro atoms. The van der Waals surface area contributed by atoms with Crippen molar-refractivity contribution in [3.8, 4) is 11.3 Å². The van der Waals surface area contributed by atoms with Gasteiger partial charge in [-0.15, -0.1) is 0 Å². The van der Waals surface area contributed by atoms with Crippen LogP contribution in [0.1, 0.15) is 18.9 Å². The number of piperidine rings is 1. The first kappa shape index (κ1) is 16.4. The summed E-state index contributed by atoms with van der Waals surface area (Å²) >= 11 is 0. The van der Waals surface area contributed by atoms with Gasteiger partial charge in [0.05, 0.1) is 11.6 Å². The van der Waals surface area contributed by atoms with Gasteiger partial charge >= 0.3 is 5.97 Å². The van der Waals surface area contributed by atoms with Crippen LogP contribution in [0.4, 0.5) is 10.3 Å². The lowest BCUT2D eigenvalue weighted by Crippen LogP contribution is -2.43. The van der Waals surface area contributed by atoms with Gasteiger partial charge in [-0.3, -0.25) is 4.79 Å². The molecule has 1 aromatic carbocycles. The standard InChI is InChI=1S/C18H20FN3O2/c1-11-7-13(17(23)24)10-22(9-11)18-20-8-12(2)16(21-18)14-5-3-4-6-15(14)19/h3-6,8,11,13H,7,9-10H2,1-2H3,(H,23,24). The monoisotopic (exact) mass is 329 g/mol. The summed E-state index contributed by atoms with van der Waals surface area (Å²) in [4.78, 5) is 22.1. The predicted octanol–water partition coefficient (Wildman–Crippen LogP) is 3.14. The summed E-state index contributed by atoms with van der Waals surface area (Å²) in [5, 5.41) is 9.32. The number of anilines is 1. The summed E-state index contributed by atoms with van der Waals surface area (Å²) in [7, 11) is 0. The van der Waals surface area contributed by atoms with Crippen molar-refractivity contribution in [2.24, 2.45) is 11.8 Å². The molecule has 2 unspecified atom stereocenters. The molecule has 0 saturated carbocycles. The Bertz CT molecular complexity index is 766. The third-order valence-corrected chi connectivity index (χ3v) is 4.38. The van der Waals surface area contributed by atoms with E-state index in [2.05, 4.69) is 9.97 Å². The fourth-order valence-electron chi connectivity index (χ4n) is 3.20. The Balaban J connectivity index is 1.96. The molecule has 2 aromatic rings. The van der Waals surface area contributed by atoms with Crippen molar-refractivity contribution in [1.82, 2.24) is 9.97 Å². The number of carbonyl (C=O) groups is 1. The first-order valence-electron chi connectivity index (χ1n) is 8.02. The first-order chi connectivity index (χ1) is 11.5. The van der Waals surface area contributed by atoms with E-state index in [9.17, 15) is 14.3 Å². The van der Waals surface area contributed by atoms with Gasteiger partial charge in [-0.2, -0.15) is 0 Å². The molecular weight excluding hydrogens is 309 g/mol. The van der Waals surface area contributed by atoms with Crippen molar-refractivity contribution in [3.05, 3.63) is 41.8 Å². The Morgan fingerprint density at radius 3 is 2.79 bits per heavy atom. The molecule has 24 heavy (non-hydrogen) atoms. The molecule has 0 amide bonds. The van der Waals surface area contributed by atoms with E-state index in [1.165, 1.54) is 6.07 Å². The summed E-state index contributed by atoms with van der Waals surface area (Å²) in [6.45, 7) is 4.93. The Morgan fingerprint density at radius 1 is 1.33 bits per heavy atom. The van der Waals surface area contributed by atoms with Gasteiger partial charge in [0.15, 0.2) is 0 Å². The number of aliphatic carboxylic acids is 1. The number of aryl methyl sites for hydroxylation is 1. The lowest BCUT2D eigenvalue weighted by Gasteiger charge is -2.34. The van der Waals surface area contributed by atoms with Crippen LogP contribution in [0.25, 0.3) is 11.3 Å². The molecule has 1 N–H and O–H groups in total. The fourth-order valence-corrected chi connectivity index (χ4v) is 3.20. The van der Waals surface area contributed by atoms with Crippen molar-refractivity contribution in [2.75, 3.05) is 18.0 Å². The number of hydrogen-bond acceptors (Lipinski definition) is 4. The minimum Gasteiger partial charge on any atom is -0.481 e. The normalized spacial score (nSPS) is 20.9. The molecule has 1 aliphatic heterocycles. The third kappa shape index (κ3) is 3.22. The molecule has 6 heteroatoms. The van der Waals surface area contributed by atoms with Crippen LogP contribution in [0.15, 0.2) is 30.5 Å². The second-order valence-corrected chi connectivity index (χ2v) is 6.46. The predicted molar refractivity (Wildman–Crippen MR) is 89.3 cm³/mol. The van der Waals surface area contributed by atoms with Gasteiger partial charge in [-0.05, 0) is 37.0 Å². The van der Waals surface area contributed by atoms with Gasteiger partial charge in [-0.1, -0.05) is 19.1 Å². The zero-order chi connectivity index (χ0) is 17.3. The number of rotatable bonds is 3. The second kappa shape index (κ2) is 6.55. The summed E-state index contributed by atoms with van der Waals surface area (Å²) < 4.78 is 14.1. The van der Waals surface area contributed by atoms with E-state index in [1.54, 1.807) is 24.4 Å². The smallest absolute Gasteiger partial charge is 0.308 e. The number of hydrogen-bond donors (Lipinski definition) is 1. The number of nitrogens with zero attached hydrogens (tertiary/aromatic N) is 3. The SMILES string of the molecule is Cc1cnc(N2CC(C)CC(C(=O)O)C2)nc1-c1ccccc1F. The number of aromatic nitrogens is 2. The molecule has 1 saturated heterocycles. The number of carboxylic acids is 1. The highest BCUT2D eigenvalue weighted by Gasteiger charge is 2.31. The van der Waals surface area contributed by atoms with Gasteiger partial charge in [0.25, 0.3) is 0 Å². The summed E-state index contributed by atoms with van der Waals surface area (Å²) in [5.74, 6) is -0.873. The van der Waals surface area contributed by atoms with Gasteiger partial charge in [0.1, 0.15) is 5.82 Å². The fraction of sp³-hybridized carbons (Fsp3) is 0.389. The highest BCUT2D eigenvalue weighted by Crippen LogP contribution is 2.28. The van der Waals surface area contributed by atoms with Crippen LogP contribution in [0.2, 0.25) is 0 Å². The van der Waals surface area contributed by atoms with Crippen molar-refractivity contribution in [3.63, 3.8) is 0 Å². The molecule has 126 valence electrons. The van der Waals surface area contributed by atoms with E-state index < -0.39 is 11.9 Å². The molecule has 1 aromatic heterocycles. The van der Waals surface area contributed by atoms with Crippen molar-refractivity contribution in [2.45, 2.75) is 20.3 Å². The molecule has 5 nitrogen and oxygen atoms in total. The van der Waals surface area contributed by atoms with E-state index in [0.29, 0.717) is 36.7 Å². The van der Waals surface area contributed by atoms with Crippen molar-refractivity contribution in [1.29, 1.82) is 0 Å². The van der Waals surface area contributed by atoms with Gasteiger partial charge in [-0.25, -0.2) is 14.4 Å². The highest BCUT2D eigenvalue weighted by atomic mass is 19.1. The minimum atomic E-state index is -0.798. The van der Waals surface area contributed by atoms with Crippen LogP contribution in [0.5, 0.6) is 0 Å². The first-order valence-corrected chi connectivity index (χ1v) is 8.02. The summed E-state index contributed by atoms with van der Waals surface area (Å²) in [6, 6.07) is 6.50. The average Bonchev–Trinajstić information content (AvgIpc) is 2.55. The Hall–Kier alpha value is -2.50. The summed E-state index contributed by atoms with van der Waals surface area (Å²) in [5.41, 5.74) is 1.75. The topological polar surface area (TPSA) is 66.3 Å². The maximum atomic E-state index is 14.1. The lowest BCUT2D eigenvalue weighted by atomic mass is 9.91. The maximum absolute atomic E-state index is 14.1. The maximum Gasteiger partial charge on any atom is 0.308 e. The van der Waals surface area contributed by atoms with Gasteiger partial charge in [0.2, 0.25) is 5.95 Å². The van der Waals surface area contributed by atoms with Gasteiger partial charge in [0, 0.05) is 24.8 Å². The van der Waals surface area contributed by atoms with Gasteiger partial charge < -0.3 is 10.0 Å². The molecule has 3 rings (SSSR count). The zero-order valence-corrected chi connectivity index (χ0v) is 13.7. The molecule has 2 atom stereocenters. The molecule has 1 fully saturated rings. The highest BCUT2D eigenvalue weighted by molar-refractivity contribution is 5.71. The van der Waals surface area contributed by atoms with Crippen LogP contribution in [-0.4, -0.2) is 34.1 Å². The Morgan fingerprint density at radius 2 is 2.08 bits per heavy atom. The van der Waals surface area contributed by atoms with Crippen molar-refractivity contribution >= 4 is 11.9 Å². The quantitative estimate of drug-likeness (QED) is 0.937. The average molecular weight is 329 g/mol. The van der Waals surface area contributed by atoms with E-state index >= 15 is 0 Å². The molecule has 0 bridgehead atoms. The van der Waals surface area contributed by atoms with E-state index in [1.807, 2.05) is 18.7 Å². The molecule has 0 radical (unpaired) electrons. The second-order valence-electron chi connectivity index (χ2n) is 6.46. The molecule has 2 heterocycles. The van der Waals surface area contributed by atoms with Crippen molar-refractivity contribution < 1.29 is 14.3 Å². The Kier molecular flexibility index (Phi) is 4.46. The number of benzene rings is 1. The zero-order valence-electron chi connectivity index (χ0n) is 13.7. The van der Waals surface area contributed by atoms with E-state index in [-0.39, 0.29) is 11.7 Å². The van der Waals surface area contributed by atoms with Crippen LogP contribution in [0.3, 0.4) is 0 Å². The lowest BCUT2D eigenvalue weighted by molar-refractivity contribution is -0.142. The molecule has 0 aliphatic carbocycles. The number of halogens is 1. The van der Waals surface area contributed by atoms with E-state index in [0.717, 1.165) is 5.56 Å². The van der Waals surface area contributed by atoms with Crippen LogP contribution in [-0.2, 0) is 4.79 Å². The van der Waals surface area contributed by atoms with Crippen LogP contribution < -0.4 is 4.90 Å². The molecular formula is C18H20FN3O2. The number of carboxylic acid groups (broad SMARTS) is 1. The van der Waals surface area contributed by atoms with Crippen LogP contribution in [0, 0.1) is 24.6 Å². The summed E-state index contributed by atoms with van der Waals surface area (Å²) in [6.07, 6.45) is 2.32. The van der Waals surface area contributed by atoms with E-state index in [4.69, 9.17) is 0 Å².